The summed E-state index contributed by atoms with van der Waals surface area (Å²) in [4.78, 5) is 22.2. The third kappa shape index (κ3) is 3.82. The molecule has 8 heteroatoms. The minimum Gasteiger partial charge on any atom is -0.480 e. The molecule has 1 atom stereocenters. The van der Waals surface area contributed by atoms with E-state index < -0.39 is 30.1 Å². The van der Waals surface area contributed by atoms with Crippen LogP contribution in [0.25, 0.3) is 0 Å². The zero-order chi connectivity index (χ0) is 14.7. The van der Waals surface area contributed by atoms with Crippen LogP contribution in [-0.4, -0.2) is 41.3 Å². The van der Waals surface area contributed by atoms with Crippen LogP contribution in [0.5, 0.6) is 0 Å². The van der Waals surface area contributed by atoms with E-state index in [1.54, 1.807) is 5.32 Å². The molecule has 0 saturated heterocycles. The van der Waals surface area contributed by atoms with Crippen molar-refractivity contribution in [2.24, 2.45) is 0 Å². The van der Waals surface area contributed by atoms with E-state index in [9.17, 15) is 22.8 Å². The molecule has 3 N–H and O–H groups in total. The number of hydrogen-bond donors (Lipinski definition) is 3. The monoisotopic (exact) mass is 282 g/mol. The zero-order valence-corrected chi connectivity index (χ0v) is 10.5. The number of halogens is 3. The molecule has 19 heavy (non-hydrogen) atoms. The Hall–Kier alpha value is -1.31. The van der Waals surface area contributed by atoms with Gasteiger partial charge in [-0.05, 0) is 19.8 Å². The molecule has 1 aliphatic rings. The lowest BCUT2D eigenvalue weighted by atomic mass is 10.0. The van der Waals surface area contributed by atoms with Crippen molar-refractivity contribution >= 4 is 11.9 Å². The van der Waals surface area contributed by atoms with Gasteiger partial charge in [0, 0.05) is 6.04 Å². The van der Waals surface area contributed by atoms with Gasteiger partial charge in [-0.2, -0.15) is 13.2 Å². The van der Waals surface area contributed by atoms with Gasteiger partial charge >= 0.3 is 12.1 Å². The molecule has 0 aromatic rings. The van der Waals surface area contributed by atoms with Crippen LogP contribution < -0.4 is 10.6 Å². The zero-order valence-electron chi connectivity index (χ0n) is 10.5. The van der Waals surface area contributed by atoms with E-state index in [0.717, 1.165) is 25.7 Å². The van der Waals surface area contributed by atoms with E-state index in [1.165, 1.54) is 0 Å². The predicted octanol–water partition coefficient (Wildman–Crippen LogP) is 1.04. The highest BCUT2D eigenvalue weighted by atomic mass is 19.4. The summed E-state index contributed by atoms with van der Waals surface area (Å²) >= 11 is 0. The fourth-order valence-electron chi connectivity index (χ4n) is 1.90. The van der Waals surface area contributed by atoms with Crippen LogP contribution in [0.2, 0.25) is 0 Å². The first-order valence-electron chi connectivity index (χ1n) is 6.01. The summed E-state index contributed by atoms with van der Waals surface area (Å²) < 4.78 is 37.9. The number of carboxylic acid groups (broad SMARTS) is 1. The number of alkyl halides is 3. The molecule has 0 bridgehead atoms. The van der Waals surface area contributed by atoms with Gasteiger partial charge in [0.25, 0.3) is 0 Å². The molecule has 110 valence electrons. The molecule has 1 unspecified atom stereocenters. The lowest BCUT2D eigenvalue weighted by Gasteiger charge is -2.28. The molecule has 1 fully saturated rings. The number of hydrogen-bond acceptors (Lipinski definition) is 3. The molecule has 0 aromatic carbocycles. The summed E-state index contributed by atoms with van der Waals surface area (Å²) in [5, 5.41) is 13.0. The van der Waals surface area contributed by atoms with Crippen molar-refractivity contribution in [2.75, 3.05) is 6.54 Å². The van der Waals surface area contributed by atoms with Crippen LogP contribution in [0.4, 0.5) is 13.2 Å². The number of rotatable bonds is 5. The molecule has 0 aliphatic heterocycles. The molecule has 1 amide bonds. The van der Waals surface area contributed by atoms with E-state index in [4.69, 9.17) is 5.11 Å². The third-order valence-corrected chi connectivity index (χ3v) is 3.32. The SMILES string of the molecule is CC(NCC(=O)NC1CCCC1)(C(=O)O)C(F)(F)F. The summed E-state index contributed by atoms with van der Waals surface area (Å²) in [5.41, 5.74) is -3.12. The Morgan fingerprint density at radius 2 is 1.79 bits per heavy atom. The van der Waals surface area contributed by atoms with Crippen molar-refractivity contribution in [3.8, 4) is 0 Å². The maximum Gasteiger partial charge on any atom is 0.417 e. The van der Waals surface area contributed by atoms with Crippen molar-refractivity contribution in [3.05, 3.63) is 0 Å². The normalized spacial score (nSPS) is 20.0. The number of carbonyl (C=O) groups excluding carboxylic acids is 1. The summed E-state index contributed by atoms with van der Waals surface area (Å²) in [7, 11) is 0. The smallest absolute Gasteiger partial charge is 0.417 e. The average Bonchev–Trinajstić information content (AvgIpc) is 2.76. The van der Waals surface area contributed by atoms with Gasteiger partial charge in [-0.3, -0.25) is 10.1 Å². The Labute approximate surface area is 108 Å². The van der Waals surface area contributed by atoms with Crippen molar-refractivity contribution in [2.45, 2.75) is 50.4 Å². The highest BCUT2D eigenvalue weighted by Crippen LogP contribution is 2.30. The molecule has 1 rings (SSSR count). The van der Waals surface area contributed by atoms with Crippen LogP contribution >= 0.6 is 0 Å². The molecule has 1 saturated carbocycles. The van der Waals surface area contributed by atoms with Crippen molar-refractivity contribution < 1.29 is 27.9 Å². The van der Waals surface area contributed by atoms with Gasteiger partial charge < -0.3 is 10.4 Å². The molecule has 0 radical (unpaired) electrons. The van der Waals surface area contributed by atoms with Gasteiger partial charge in [-0.15, -0.1) is 0 Å². The first kappa shape index (κ1) is 15.7. The summed E-state index contributed by atoms with van der Waals surface area (Å²) in [6.07, 6.45) is -1.41. The lowest BCUT2D eigenvalue weighted by molar-refractivity contribution is -0.205. The minimum atomic E-state index is -4.98. The molecule has 5 nitrogen and oxygen atoms in total. The predicted molar refractivity (Wildman–Crippen MR) is 60.5 cm³/mol. The number of carbonyl (C=O) groups is 2. The van der Waals surface area contributed by atoms with Crippen LogP contribution in [-0.2, 0) is 9.59 Å². The lowest BCUT2D eigenvalue weighted by Crippen LogP contribution is -2.62. The standard InChI is InChI=1S/C11H17F3N2O3/c1-10(9(18)19,11(12,13)14)15-6-8(17)16-7-4-2-3-5-7/h7,15H,2-6H2,1H3,(H,16,17)(H,18,19). The Kier molecular flexibility index (Phi) is 4.78. The number of amides is 1. The molecule has 0 aromatic heterocycles. The molecule has 0 heterocycles. The van der Waals surface area contributed by atoms with Crippen molar-refractivity contribution in [3.63, 3.8) is 0 Å². The molecule has 1 aliphatic carbocycles. The topological polar surface area (TPSA) is 78.4 Å². The van der Waals surface area contributed by atoms with Gasteiger partial charge in [-0.25, -0.2) is 4.79 Å². The highest BCUT2D eigenvalue weighted by molar-refractivity contribution is 5.82. The summed E-state index contributed by atoms with van der Waals surface area (Å²) in [6, 6.07) is -0.0173. The van der Waals surface area contributed by atoms with Gasteiger partial charge in [-0.1, -0.05) is 12.8 Å². The molecule has 0 spiro atoms. The fraction of sp³-hybridized carbons (Fsp3) is 0.818. The number of aliphatic carboxylic acids is 1. The van der Waals surface area contributed by atoms with E-state index in [2.05, 4.69) is 5.32 Å². The molecular weight excluding hydrogens is 265 g/mol. The van der Waals surface area contributed by atoms with Gasteiger partial charge in [0.05, 0.1) is 6.54 Å². The largest absolute Gasteiger partial charge is 0.480 e. The summed E-state index contributed by atoms with van der Waals surface area (Å²) in [5.74, 6) is -2.68. The second-order valence-corrected chi connectivity index (χ2v) is 4.83. The van der Waals surface area contributed by atoms with Crippen LogP contribution in [0.15, 0.2) is 0 Å². The minimum absolute atomic E-state index is 0.0173. The number of carboxylic acids is 1. The fourth-order valence-corrected chi connectivity index (χ4v) is 1.90. The Morgan fingerprint density at radius 1 is 1.26 bits per heavy atom. The average molecular weight is 282 g/mol. The Morgan fingerprint density at radius 3 is 2.21 bits per heavy atom. The Bertz CT molecular complexity index is 354. The van der Waals surface area contributed by atoms with Crippen molar-refractivity contribution in [1.82, 2.24) is 10.6 Å². The maximum atomic E-state index is 12.6. The summed E-state index contributed by atoms with van der Waals surface area (Å²) in [6.45, 7) is -0.184. The molecular formula is C11H17F3N2O3. The quantitative estimate of drug-likeness (QED) is 0.704. The number of nitrogens with one attached hydrogen (secondary N) is 2. The second-order valence-electron chi connectivity index (χ2n) is 4.83. The van der Waals surface area contributed by atoms with E-state index in [-0.39, 0.29) is 6.04 Å². The highest BCUT2D eigenvalue weighted by Gasteiger charge is 2.57. The van der Waals surface area contributed by atoms with Gasteiger partial charge in [0.1, 0.15) is 0 Å². The van der Waals surface area contributed by atoms with Crippen molar-refractivity contribution in [1.29, 1.82) is 0 Å². The van der Waals surface area contributed by atoms with E-state index in [1.807, 2.05) is 0 Å². The Balaban J connectivity index is 2.52. The maximum absolute atomic E-state index is 12.6. The van der Waals surface area contributed by atoms with Gasteiger partial charge in [0.2, 0.25) is 11.4 Å². The van der Waals surface area contributed by atoms with E-state index in [0.29, 0.717) is 6.92 Å². The third-order valence-electron chi connectivity index (χ3n) is 3.32. The first-order chi connectivity index (χ1) is 8.67. The van der Waals surface area contributed by atoms with E-state index >= 15 is 0 Å². The van der Waals surface area contributed by atoms with Gasteiger partial charge in [0.15, 0.2) is 0 Å². The van der Waals surface area contributed by atoms with Crippen LogP contribution in [0, 0.1) is 0 Å². The second kappa shape index (κ2) is 5.77. The van der Waals surface area contributed by atoms with Crippen LogP contribution in [0.1, 0.15) is 32.6 Å². The van der Waals surface area contributed by atoms with Crippen LogP contribution in [0.3, 0.4) is 0 Å². The first-order valence-corrected chi connectivity index (χ1v) is 6.01.